The highest BCUT2D eigenvalue weighted by Crippen LogP contribution is 2.27. The van der Waals surface area contributed by atoms with Gasteiger partial charge in [-0.1, -0.05) is 17.7 Å². The Morgan fingerprint density at radius 3 is 2.69 bits per heavy atom. The Bertz CT molecular complexity index is 982. The molecule has 0 bridgehead atoms. The maximum absolute atomic E-state index is 12.4. The predicted octanol–water partition coefficient (Wildman–Crippen LogP) is 3.73. The van der Waals surface area contributed by atoms with Gasteiger partial charge in [0.2, 0.25) is 5.88 Å². The first-order valence-corrected chi connectivity index (χ1v) is 9.43. The van der Waals surface area contributed by atoms with Gasteiger partial charge in [-0.15, -0.1) is 0 Å². The number of ether oxygens (including phenoxy) is 1. The normalized spacial score (nSPS) is 15.9. The Morgan fingerprint density at radius 2 is 2.00 bits per heavy atom. The first-order valence-electron chi connectivity index (χ1n) is 9.43. The maximum atomic E-state index is 12.4. The molecule has 7 nitrogen and oxygen atoms in total. The van der Waals surface area contributed by atoms with Crippen LogP contribution in [0.25, 0.3) is 0 Å². The number of carbonyl (C=O) groups is 2. The van der Waals surface area contributed by atoms with E-state index < -0.39 is 11.8 Å². The Labute approximate surface area is 168 Å². The SMILES string of the molecule is Cc1ccc(Oc2ccc(NC(=O)C(=O)N3CCC(c4ccco4)C3)cn2)cc1. The summed E-state index contributed by atoms with van der Waals surface area (Å²) < 4.78 is 11.1. The zero-order valence-corrected chi connectivity index (χ0v) is 16.0. The smallest absolute Gasteiger partial charge is 0.313 e. The van der Waals surface area contributed by atoms with Crippen molar-refractivity contribution in [2.24, 2.45) is 0 Å². The van der Waals surface area contributed by atoms with Gasteiger partial charge < -0.3 is 19.4 Å². The number of hydrogen-bond donors (Lipinski definition) is 1. The predicted molar refractivity (Wildman–Crippen MR) is 107 cm³/mol. The molecule has 0 saturated carbocycles. The molecular formula is C22H21N3O4. The van der Waals surface area contributed by atoms with E-state index in [2.05, 4.69) is 10.3 Å². The lowest BCUT2D eigenvalue weighted by atomic mass is 10.1. The van der Waals surface area contributed by atoms with E-state index in [9.17, 15) is 9.59 Å². The molecule has 1 N–H and O–H groups in total. The van der Waals surface area contributed by atoms with Gasteiger partial charge >= 0.3 is 11.8 Å². The van der Waals surface area contributed by atoms with Crippen molar-refractivity contribution in [2.75, 3.05) is 18.4 Å². The molecule has 0 radical (unpaired) electrons. The van der Waals surface area contributed by atoms with Crippen molar-refractivity contribution >= 4 is 17.5 Å². The number of nitrogens with one attached hydrogen (secondary N) is 1. The first-order chi connectivity index (χ1) is 14.1. The van der Waals surface area contributed by atoms with Crippen LogP contribution in [0.1, 0.15) is 23.7 Å². The molecule has 1 aliphatic rings. The fourth-order valence-electron chi connectivity index (χ4n) is 3.27. The summed E-state index contributed by atoms with van der Waals surface area (Å²) in [6, 6.07) is 14.6. The Hall–Kier alpha value is -3.61. The van der Waals surface area contributed by atoms with Crippen LogP contribution in [0.4, 0.5) is 5.69 Å². The van der Waals surface area contributed by atoms with Crippen molar-refractivity contribution in [1.29, 1.82) is 0 Å². The highest BCUT2D eigenvalue weighted by Gasteiger charge is 2.32. The summed E-state index contributed by atoms with van der Waals surface area (Å²) in [4.78, 5) is 30.5. The minimum absolute atomic E-state index is 0.127. The number of furan rings is 1. The van der Waals surface area contributed by atoms with Crippen LogP contribution in [-0.2, 0) is 9.59 Å². The van der Waals surface area contributed by atoms with Crippen molar-refractivity contribution in [3.63, 3.8) is 0 Å². The van der Waals surface area contributed by atoms with Crippen LogP contribution < -0.4 is 10.1 Å². The van der Waals surface area contributed by atoms with Crippen LogP contribution in [0.5, 0.6) is 11.6 Å². The first kappa shape index (κ1) is 18.7. The fraction of sp³-hybridized carbons (Fsp3) is 0.227. The molecule has 1 unspecified atom stereocenters. The molecule has 2 aromatic heterocycles. The van der Waals surface area contributed by atoms with Crippen LogP contribution in [0, 0.1) is 6.92 Å². The third kappa shape index (κ3) is 4.45. The van der Waals surface area contributed by atoms with Crippen LogP contribution in [0.2, 0.25) is 0 Å². The number of amides is 2. The van der Waals surface area contributed by atoms with Gasteiger partial charge in [0.1, 0.15) is 11.5 Å². The van der Waals surface area contributed by atoms with Crippen molar-refractivity contribution in [2.45, 2.75) is 19.3 Å². The van der Waals surface area contributed by atoms with Gasteiger partial charge in [0.25, 0.3) is 0 Å². The Kier molecular flexibility index (Phi) is 5.29. The fourth-order valence-corrected chi connectivity index (χ4v) is 3.27. The molecule has 7 heteroatoms. The summed E-state index contributed by atoms with van der Waals surface area (Å²) in [5, 5.41) is 2.60. The molecule has 3 aromatic rings. The minimum atomic E-state index is -0.681. The van der Waals surface area contributed by atoms with E-state index in [0.717, 1.165) is 17.7 Å². The second-order valence-electron chi connectivity index (χ2n) is 7.01. The third-order valence-corrected chi connectivity index (χ3v) is 4.85. The van der Waals surface area contributed by atoms with Crippen LogP contribution in [0.3, 0.4) is 0 Å². The maximum Gasteiger partial charge on any atom is 0.313 e. The molecule has 1 aromatic carbocycles. The van der Waals surface area contributed by atoms with Crippen LogP contribution in [0.15, 0.2) is 65.4 Å². The molecule has 3 heterocycles. The summed E-state index contributed by atoms with van der Waals surface area (Å²) in [7, 11) is 0. The zero-order chi connectivity index (χ0) is 20.2. The lowest BCUT2D eigenvalue weighted by molar-refractivity contribution is -0.142. The average Bonchev–Trinajstić information content (AvgIpc) is 3.42. The van der Waals surface area contributed by atoms with Gasteiger partial charge in [0.15, 0.2) is 0 Å². The standard InChI is InChI=1S/C22H21N3O4/c1-15-4-7-18(8-5-15)29-20-9-6-17(13-23-20)24-21(26)22(27)25-11-10-16(14-25)19-3-2-12-28-19/h2-9,12-13,16H,10-11,14H2,1H3,(H,24,26). The number of carbonyl (C=O) groups excluding carboxylic acids is 2. The molecule has 4 rings (SSSR count). The summed E-state index contributed by atoms with van der Waals surface area (Å²) in [5.74, 6) is 0.808. The summed E-state index contributed by atoms with van der Waals surface area (Å²) >= 11 is 0. The average molecular weight is 391 g/mol. The lowest BCUT2D eigenvalue weighted by Gasteiger charge is -2.15. The summed E-state index contributed by atoms with van der Waals surface area (Å²) in [5.41, 5.74) is 1.57. The highest BCUT2D eigenvalue weighted by atomic mass is 16.5. The molecule has 0 spiro atoms. The molecule has 1 atom stereocenters. The molecule has 1 aliphatic heterocycles. The van der Waals surface area contributed by atoms with E-state index in [-0.39, 0.29) is 5.92 Å². The minimum Gasteiger partial charge on any atom is -0.469 e. The molecule has 1 saturated heterocycles. The molecule has 2 amide bonds. The number of aryl methyl sites for hydroxylation is 1. The van der Waals surface area contributed by atoms with E-state index >= 15 is 0 Å². The third-order valence-electron chi connectivity index (χ3n) is 4.85. The number of rotatable bonds is 4. The monoisotopic (exact) mass is 391 g/mol. The number of hydrogen-bond acceptors (Lipinski definition) is 5. The van der Waals surface area contributed by atoms with E-state index in [1.165, 1.54) is 6.20 Å². The van der Waals surface area contributed by atoms with E-state index in [0.29, 0.717) is 30.4 Å². The Balaban J connectivity index is 1.32. The second-order valence-corrected chi connectivity index (χ2v) is 7.01. The Morgan fingerprint density at radius 1 is 1.17 bits per heavy atom. The number of pyridine rings is 1. The number of nitrogens with zero attached hydrogens (tertiary/aromatic N) is 2. The summed E-state index contributed by atoms with van der Waals surface area (Å²) in [6.45, 7) is 3.00. The number of aromatic nitrogens is 1. The topological polar surface area (TPSA) is 84.7 Å². The van der Waals surface area contributed by atoms with Gasteiger partial charge in [0, 0.05) is 25.1 Å². The van der Waals surface area contributed by atoms with Gasteiger partial charge in [-0.3, -0.25) is 9.59 Å². The van der Waals surface area contributed by atoms with Gasteiger partial charge in [0.05, 0.1) is 18.1 Å². The molecule has 1 fully saturated rings. The van der Waals surface area contributed by atoms with E-state index in [1.54, 1.807) is 23.3 Å². The van der Waals surface area contributed by atoms with Crippen molar-refractivity contribution in [3.8, 4) is 11.6 Å². The number of likely N-dealkylation sites (tertiary alicyclic amines) is 1. The molecular weight excluding hydrogens is 370 g/mol. The molecule has 29 heavy (non-hydrogen) atoms. The quantitative estimate of drug-likeness (QED) is 0.685. The van der Waals surface area contributed by atoms with Gasteiger partial charge in [-0.2, -0.15) is 0 Å². The zero-order valence-electron chi connectivity index (χ0n) is 16.0. The van der Waals surface area contributed by atoms with E-state index in [4.69, 9.17) is 9.15 Å². The van der Waals surface area contributed by atoms with E-state index in [1.807, 2.05) is 43.3 Å². The second kappa shape index (κ2) is 8.18. The molecule has 148 valence electrons. The van der Waals surface area contributed by atoms with Crippen molar-refractivity contribution < 1.29 is 18.7 Å². The molecule has 0 aliphatic carbocycles. The number of benzene rings is 1. The van der Waals surface area contributed by atoms with Gasteiger partial charge in [-0.25, -0.2) is 4.98 Å². The van der Waals surface area contributed by atoms with Crippen molar-refractivity contribution in [1.82, 2.24) is 9.88 Å². The van der Waals surface area contributed by atoms with Crippen LogP contribution >= 0.6 is 0 Å². The lowest BCUT2D eigenvalue weighted by Crippen LogP contribution is -2.38. The van der Waals surface area contributed by atoms with Crippen molar-refractivity contribution in [3.05, 3.63) is 72.3 Å². The highest BCUT2D eigenvalue weighted by molar-refractivity contribution is 6.39. The largest absolute Gasteiger partial charge is 0.469 e. The van der Waals surface area contributed by atoms with Crippen LogP contribution in [-0.4, -0.2) is 34.8 Å². The summed E-state index contributed by atoms with van der Waals surface area (Å²) in [6.07, 6.45) is 3.86. The van der Waals surface area contributed by atoms with Gasteiger partial charge in [-0.05, 0) is 43.7 Å². The number of anilines is 1.